The highest BCUT2D eigenvalue weighted by atomic mass is 16.5. The lowest BCUT2D eigenvalue weighted by molar-refractivity contribution is -0.142. The molecule has 0 saturated carbocycles. The minimum atomic E-state index is -0.244. The van der Waals surface area contributed by atoms with Crippen LogP contribution in [0.3, 0.4) is 0 Å². The molecular weight excluding hydrogens is 244 g/mol. The molecule has 2 N–H and O–H groups in total. The monoisotopic (exact) mass is 266 g/mol. The van der Waals surface area contributed by atoms with Crippen molar-refractivity contribution in [3.8, 4) is 0 Å². The van der Waals surface area contributed by atoms with Crippen LogP contribution in [0.1, 0.15) is 25.7 Å². The smallest absolute Gasteiger partial charge is 0.251 e. The molecule has 0 aromatic rings. The first-order valence-electron chi connectivity index (χ1n) is 7.56. The zero-order valence-corrected chi connectivity index (χ0v) is 11.2. The van der Waals surface area contributed by atoms with Crippen LogP contribution in [0.5, 0.6) is 0 Å². The van der Waals surface area contributed by atoms with E-state index in [1.807, 2.05) is 4.90 Å². The Bertz CT molecular complexity index is 371. The maximum absolute atomic E-state index is 12.5. The number of nitrogens with zero attached hydrogens (tertiary/aromatic N) is 1. The Morgan fingerprint density at radius 2 is 1.74 bits per heavy atom. The van der Waals surface area contributed by atoms with Gasteiger partial charge in [-0.3, -0.25) is 4.79 Å². The molecule has 2 bridgehead atoms. The van der Waals surface area contributed by atoms with Gasteiger partial charge in [0.2, 0.25) is 0 Å². The molecule has 0 aromatic heterocycles. The highest BCUT2D eigenvalue weighted by molar-refractivity contribution is 5.81. The zero-order chi connectivity index (χ0) is 13.0. The lowest BCUT2D eigenvalue weighted by atomic mass is 9.82. The molecule has 4 aliphatic rings. The second kappa shape index (κ2) is 4.43. The van der Waals surface area contributed by atoms with E-state index < -0.39 is 0 Å². The molecule has 19 heavy (non-hydrogen) atoms. The third-order valence-electron chi connectivity index (χ3n) is 5.41. The van der Waals surface area contributed by atoms with E-state index in [4.69, 9.17) is 15.2 Å². The number of nitrogens with two attached hydrogens (primary N) is 1. The standard InChI is InChI=1S/C14H22N2O3/c15-5-8-1-2-13(18-8)14(17)16-6-9-10(7-16)12-4-3-11(9)19-12/h8-13H,1-7,15H2/t8-,9?,10?,11?,12?,13+/m1/s1. The van der Waals surface area contributed by atoms with Crippen LogP contribution in [-0.2, 0) is 14.3 Å². The predicted molar refractivity (Wildman–Crippen MR) is 68.4 cm³/mol. The summed E-state index contributed by atoms with van der Waals surface area (Å²) in [6.07, 6.45) is 4.77. The number of fused-ring (bicyclic) bond motifs is 5. The molecule has 4 unspecified atom stereocenters. The van der Waals surface area contributed by atoms with Crippen molar-refractivity contribution in [3.63, 3.8) is 0 Å². The van der Waals surface area contributed by atoms with Crippen LogP contribution in [0, 0.1) is 11.8 Å². The van der Waals surface area contributed by atoms with Crippen molar-refractivity contribution in [2.45, 2.75) is 50.1 Å². The van der Waals surface area contributed by atoms with Crippen LogP contribution in [0.25, 0.3) is 0 Å². The van der Waals surface area contributed by atoms with Crippen molar-refractivity contribution < 1.29 is 14.3 Å². The highest BCUT2D eigenvalue weighted by Crippen LogP contribution is 2.47. The SMILES string of the molecule is NC[C@H]1CC[C@@H](C(=O)N2CC3C4CCC(O4)C3C2)O1. The Kier molecular flexibility index (Phi) is 2.83. The Morgan fingerprint density at radius 3 is 2.32 bits per heavy atom. The highest BCUT2D eigenvalue weighted by Gasteiger charge is 2.54. The summed E-state index contributed by atoms with van der Waals surface area (Å²) in [6, 6.07) is 0. The number of likely N-dealkylation sites (tertiary alicyclic amines) is 1. The normalized spacial score (nSPS) is 47.9. The zero-order valence-electron chi connectivity index (χ0n) is 11.2. The van der Waals surface area contributed by atoms with Crippen LogP contribution >= 0.6 is 0 Å². The first kappa shape index (κ1) is 12.1. The molecule has 0 radical (unpaired) electrons. The first-order valence-corrected chi connectivity index (χ1v) is 7.56. The van der Waals surface area contributed by atoms with Gasteiger partial charge in [-0.1, -0.05) is 0 Å². The second-order valence-electron chi connectivity index (χ2n) is 6.42. The average molecular weight is 266 g/mol. The van der Waals surface area contributed by atoms with Gasteiger partial charge in [0.1, 0.15) is 6.10 Å². The second-order valence-corrected chi connectivity index (χ2v) is 6.42. The number of hydrogen-bond donors (Lipinski definition) is 1. The van der Waals surface area contributed by atoms with Crippen LogP contribution in [0.4, 0.5) is 0 Å². The minimum absolute atomic E-state index is 0.0792. The van der Waals surface area contributed by atoms with Crippen molar-refractivity contribution in [1.82, 2.24) is 4.90 Å². The largest absolute Gasteiger partial charge is 0.374 e. The maximum Gasteiger partial charge on any atom is 0.251 e. The molecule has 0 aliphatic carbocycles. The molecular formula is C14H22N2O3. The molecule has 4 fully saturated rings. The summed E-state index contributed by atoms with van der Waals surface area (Å²) in [5.74, 6) is 1.34. The molecule has 5 nitrogen and oxygen atoms in total. The van der Waals surface area contributed by atoms with Gasteiger partial charge in [-0.2, -0.15) is 0 Å². The molecule has 1 amide bonds. The lowest BCUT2D eigenvalue weighted by Crippen LogP contribution is -2.39. The molecule has 6 atom stereocenters. The molecule has 106 valence electrons. The number of rotatable bonds is 2. The molecule has 5 heteroatoms. The summed E-state index contributed by atoms with van der Waals surface area (Å²) in [5.41, 5.74) is 5.60. The number of ether oxygens (including phenoxy) is 2. The molecule has 4 saturated heterocycles. The van der Waals surface area contributed by atoms with Gasteiger partial charge >= 0.3 is 0 Å². The molecule has 0 spiro atoms. The van der Waals surface area contributed by atoms with E-state index in [0.29, 0.717) is 30.6 Å². The van der Waals surface area contributed by atoms with E-state index >= 15 is 0 Å². The number of amides is 1. The van der Waals surface area contributed by atoms with Gasteiger partial charge in [0.15, 0.2) is 0 Å². The van der Waals surface area contributed by atoms with Gasteiger partial charge in [0, 0.05) is 31.5 Å². The summed E-state index contributed by atoms with van der Waals surface area (Å²) in [5, 5.41) is 0. The van der Waals surface area contributed by atoms with Crippen LogP contribution in [0.2, 0.25) is 0 Å². The lowest BCUT2D eigenvalue weighted by Gasteiger charge is -2.22. The number of hydrogen-bond acceptors (Lipinski definition) is 4. The number of carbonyl (C=O) groups excluding carboxylic acids is 1. The average Bonchev–Trinajstić information content (AvgIpc) is 3.17. The quantitative estimate of drug-likeness (QED) is 0.771. The summed E-state index contributed by atoms with van der Waals surface area (Å²) < 4.78 is 11.7. The van der Waals surface area contributed by atoms with Gasteiger partial charge in [0.25, 0.3) is 5.91 Å². The Morgan fingerprint density at radius 1 is 1.05 bits per heavy atom. The summed E-state index contributed by atoms with van der Waals surface area (Å²) in [7, 11) is 0. The third kappa shape index (κ3) is 1.82. The Balaban J connectivity index is 1.40. The fraction of sp³-hybridized carbons (Fsp3) is 0.929. The van der Waals surface area contributed by atoms with E-state index in [2.05, 4.69) is 0 Å². The van der Waals surface area contributed by atoms with E-state index in [9.17, 15) is 4.79 Å². The van der Waals surface area contributed by atoms with Gasteiger partial charge in [-0.15, -0.1) is 0 Å². The maximum atomic E-state index is 12.5. The predicted octanol–water partition coefficient (Wildman–Crippen LogP) is 0.129. The van der Waals surface area contributed by atoms with E-state index in [1.54, 1.807) is 0 Å². The third-order valence-corrected chi connectivity index (χ3v) is 5.41. The van der Waals surface area contributed by atoms with Crippen molar-refractivity contribution >= 4 is 5.91 Å². The van der Waals surface area contributed by atoms with Crippen LogP contribution in [0.15, 0.2) is 0 Å². The molecule has 0 aromatic carbocycles. The summed E-state index contributed by atoms with van der Waals surface area (Å²) in [4.78, 5) is 14.5. The fourth-order valence-corrected chi connectivity index (χ4v) is 4.40. The Labute approximate surface area is 113 Å². The van der Waals surface area contributed by atoms with Crippen molar-refractivity contribution in [2.75, 3.05) is 19.6 Å². The van der Waals surface area contributed by atoms with Gasteiger partial charge in [0.05, 0.1) is 18.3 Å². The summed E-state index contributed by atoms with van der Waals surface area (Å²) >= 11 is 0. The van der Waals surface area contributed by atoms with Crippen molar-refractivity contribution in [1.29, 1.82) is 0 Å². The van der Waals surface area contributed by atoms with E-state index in [1.165, 1.54) is 12.8 Å². The number of carbonyl (C=O) groups is 1. The van der Waals surface area contributed by atoms with E-state index in [0.717, 1.165) is 25.9 Å². The van der Waals surface area contributed by atoms with Crippen LogP contribution < -0.4 is 5.73 Å². The van der Waals surface area contributed by atoms with E-state index in [-0.39, 0.29) is 18.1 Å². The topological polar surface area (TPSA) is 64.8 Å². The van der Waals surface area contributed by atoms with Crippen LogP contribution in [-0.4, -0.2) is 54.9 Å². The van der Waals surface area contributed by atoms with Gasteiger partial charge < -0.3 is 20.1 Å². The first-order chi connectivity index (χ1) is 9.26. The molecule has 4 aliphatic heterocycles. The molecule has 4 heterocycles. The summed E-state index contributed by atoms with van der Waals surface area (Å²) in [6.45, 7) is 2.27. The van der Waals surface area contributed by atoms with Gasteiger partial charge in [-0.25, -0.2) is 0 Å². The Hall–Kier alpha value is -0.650. The van der Waals surface area contributed by atoms with Crippen molar-refractivity contribution in [3.05, 3.63) is 0 Å². The fourth-order valence-electron chi connectivity index (χ4n) is 4.40. The van der Waals surface area contributed by atoms with Gasteiger partial charge in [-0.05, 0) is 25.7 Å². The minimum Gasteiger partial charge on any atom is -0.374 e. The van der Waals surface area contributed by atoms with Crippen molar-refractivity contribution in [2.24, 2.45) is 17.6 Å². The molecule has 4 rings (SSSR count).